The number of nitrogens with one attached hydrogen (secondary N) is 1. The Balaban J connectivity index is 1.55. The molecule has 3 rings (SSSR count). The molecule has 2 aromatic carbocycles. The van der Waals surface area contributed by atoms with E-state index < -0.39 is 0 Å². The van der Waals surface area contributed by atoms with Crippen molar-refractivity contribution in [2.45, 2.75) is 19.0 Å². The van der Waals surface area contributed by atoms with Gasteiger partial charge in [-0.05, 0) is 29.8 Å². The van der Waals surface area contributed by atoms with Gasteiger partial charge in [-0.15, -0.1) is 0 Å². The zero-order valence-corrected chi connectivity index (χ0v) is 15.0. The Labute approximate surface area is 153 Å². The summed E-state index contributed by atoms with van der Waals surface area (Å²) in [6.07, 6.45) is 0.316. The molecule has 1 atom stereocenters. The maximum Gasteiger partial charge on any atom is 0.317 e. The molecular formula is C20H23N3O3. The molecule has 1 fully saturated rings. The molecule has 26 heavy (non-hydrogen) atoms. The van der Waals surface area contributed by atoms with E-state index in [-0.39, 0.29) is 18.0 Å². The molecule has 3 amide bonds. The fraction of sp³-hybridized carbons (Fsp3) is 0.300. The van der Waals surface area contributed by atoms with Gasteiger partial charge in [0.2, 0.25) is 5.91 Å². The third kappa shape index (κ3) is 4.14. The zero-order chi connectivity index (χ0) is 18.5. The van der Waals surface area contributed by atoms with Gasteiger partial charge in [-0.3, -0.25) is 4.79 Å². The van der Waals surface area contributed by atoms with E-state index in [0.29, 0.717) is 19.5 Å². The minimum absolute atomic E-state index is 0.0271. The predicted molar refractivity (Wildman–Crippen MR) is 100 cm³/mol. The van der Waals surface area contributed by atoms with Gasteiger partial charge in [-0.2, -0.15) is 0 Å². The number of hydrogen-bond donors (Lipinski definition) is 1. The first-order chi connectivity index (χ1) is 12.6. The number of carbonyl (C=O) groups excluding carboxylic acids is 2. The largest absolute Gasteiger partial charge is 0.497 e. The summed E-state index contributed by atoms with van der Waals surface area (Å²) < 4.78 is 5.14. The third-order valence-electron chi connectivity index (χ3n) is 4.45. The van der Waals surface area contributed by atoms with E-state index in [9.17, 15) is 9.59 Å². The molecule has 136 valence electrons. The van der Waals surface area contributed by atoms with Gasteiger partial charge >= 0.3 is 6.03 Å². The number of ether oxygens (including phenoxy) is 1. The summed E-state index contributed by atoms with van der Waals surface area (Å²) in [4.78, 5) is 28.0. The number of amides is 3. The Morgan fingerprint density at radius 3 is 2.54 bits per heavy atom. The van der Waals surface area contributed by atoms with Crippen molar-refractivity contribution in [3.63, 3.8) is 0 Å². The highest BCUT2D eigenvalue weighted by Gasteiger charge is 2.32. The molecule has 0 aromatic heterocycles. The van der Waals surface area contributed by atoms with Gasteiger partial charge in [-0.1, -0.05) is 30.3 Å². The molecule has 0 aliphatic carbocycles. The van der Waals surface area contributed by atoms with Crippen LogP contribution in [0, 0.1) is 0 Å². The number of rotatable bonds is 5. The quantitative estimate of drug-likeness (QED) is 0.899. The second-order valence-corrected chi connectivity index (χ2v) is 6.39. The highest BCUT2D eigenvalue weighted by Crippen LogP contribution is 2.21. The monoisotopic (exact) mass is 353 g/mol. The SMILES string of the molecule is COc1ccc(CN(C)C(=O)NC2CC(=O)N(c3ccccc3)C2)cc1. The fourth-order valence-corrected chi connectivity index (χ4v) is 3.02. The average molecular weight is 353 g/mol. The summed E-state index contributed by atoms with van der Waals surface area (Å²) >= 11 is 0. The van der Waals surface area contributed by atoms with Gasteiger partial charge in [0, 0.05) is 32.2 Å². The Hall–Kier alpha value is -3.02. The summed E-state index contributed by atoms with van der Waals surface area (Å²) in [7, 11) is 3.36. The minimum atomic E-state index is -0.187. The zero-order valence-electron chi connectivity index (χ0n) is 15.0. The van der Waals surface area contributed by atoms with E-state index in [4.69, 9.17) is 4.74 Å². The Bertz CT molecular complexity index is 762. The van der Waals surface area contributed by atoms with Crippen LogP contribution in [0.1, 0.15) is 12.0 Å². The number of urea groups is 1. The normalized spacial score (nSPS) is 16.5. The smallest absolute Gasteiger partial charge is 0.317 e. The van der Waals surface area contributed by atoms with Crippen LogP contribution >= 0.6 is 0 Å². The Morgan fingerprint density at radius 1 is 1.19 bits per heavy atom. The molecule has 0 radical (unpaired) electrons. The van der Waals surface area contributed by atoms with Crippen molar-refractivity contribution in [1.29, 1.82) is 0 Å². The molecule has 1 N–H and O–H groups in total. The first-order valence-electron chi connectivity index (χ1n) is 8.57. The van der Waals surface area contributed by atoms with Gasteiger partial charge in [0.25, 0.3) is 0 Å². The minimum Gasteiger partial charge on any atom is -0.497 e. The highest BCUT2D eigenvalue weighted by molar-refractivity contribution is 5.96. The summed E-state index contributed by atoms with van der Waals surface area (Å²) in [6.45, 7) is 0.976. The maximum atomic E-state index is 12.4. The van der Waals surface area contributed by atoms with E-state index in [1.165, 1.54) is 0 Å². The van der Waals surface area contributed by atoms with Crippen molar-refractivity contribution in [2.75, 3.05) is 25.6 Å². The molecule has 0 bridgehead atoms. The van der Waals surface area contributed by atoms with Crippen LogP contribution in [-0.4, -0.2) is 43.6 Å². The standard InChI is InChI=1S/C20H23N3O3/c1-22(13-15-8-10-18(26-2)11-9-15)20(25)21-16-12-19(24)23(14-16)17-6-4-3-5-7-17/h3-11,16H,12-14H2,1-2H3,(H,21,25). The topological polar surface area (TPSA) is 61.9 Å². The Morgan fingerprint density at radius 2 is 1.88 bits per heavy atom. The third-order valence-corrected chi connectivity index (χ3v) is 4.45. The van der Waals surface area contributed by atoms with Crippen LogP contribution < -0.4 is 15.0 Å². The fourth-order valence-electron chi connectivity index (χ4n) is 3.02. The van der Waals surface area contributed by atoms with Gasteiger partial charge in [0.05, 0.1) is 13.2 Å². The van der Waals surface area contributed by atoms with Crippen LogP contribution in [0.4, 0.5) is 10.5 Å². The number of nitrogens with zero attached hydrogens (tertiary/aromatic N) is 2. The van der Waals surface area contributed by atoms with Crippen molar-refractivity contribution in [3.05, 3.63) is 60.2 Å². The number of anilines is 1. The van der Waals surface area contributed by atoms with Gasteiger partial charge < -0.3 is 19.9 Å². The van der Waals surface area contributed by atoms with Crippen LogP contribution in [0.25, 0.3) is 0 Å². The van der Waals surface area contributed by atoms with Crippen LogP contribution in [0.3, 0.4) is 0 Å². The molecule has 6 nitrogen and oxygen atoms in total. The lowest BCUT2D eigenvalue weighted by molar-refractivity contribution is -0.117. The molecule has 1 aliphatic rings. The molecule has 0 spiro atoms. The molecule has 1 unspecified atom stereocenters. The van der Waals surface area contributed by atoms with E-state index >= 15 is 0 Å². The first kappa shape index (κ1) is 17.8. The molecule has 0 saturated carbocycles. The van der Waals surface area contributed by atoms with E-state index in [0.717, 1.165) is 17.0 Å². The van der Waals surface area contributed by atoms with Crippen molar-refractivity contribution in [2.24, 2.45) is 0 Å². The van der Waals surface area contributed by atoms with Crippen LogP contribution in [0.5, 0.6) is 5.75 Å². The molecule has 6 heteroatoms. The van der Waals surface area contributed by atoms with Gasteiger partial charge in [-0.25, -0.2) is 4.79 Å². The summed E-state index contributed by atoms with van der Waals surface area (Å²) in [5.74, 6) is 0.811. The number of hydrogen-bond acceptors (Lipinski definition) is 3. The second-order valence-electron chi connectivity index (χ2n) is 6.39. The average Bonchev–Trinajstić information content (AvgIpc) is 3.03. The van der Waals surface area contributed by atoms with E-state index in [1.54, 1.807) is 24.0 Å². The molecule has 2 aromatic rings. The summed E-state index contributed by atoms with van der Waals surface area (Å²) in [5.41, 5.74) is 1.87. The van der Waals surface area contributed by atoms with Crippen molar-refractivity contribution in [1.82, 2.24) is 10.2 Å². The lowest BCUT2D eigenvalue weighted by atomic mass is 10.2. The number of carbonyl (C=O) groups is 2. The Kier molecular flexibility index (Phi) is 5.41. The van der Waals surface area contributed by atoms with Crippen molar-refractivity contribution < 1.29 is 14.3 Å². The van der Waals surface area contributed by atoms with E-state index in [2.05, 4.69) is 5.32 Å². The molecular weight excluding hydrogens is 330 g/mol. The number of para-hydroxylation sites is 1. The molecule has 1 saturated heterocycles. The summed E-state index contributed by atoms with van der Waals surface area (Å²) in [5, 5.41) is 2.95. The van der Waals surface area contributed by atoms with Gasteiger partial charge in [0.1, 0.15) is 5.75 Å². The lowest BCUT2D eigenvalue weighted by Crippen LogP contribution is -2.43. The molecule has 1 heterocycles. The first-order valence-corrected chi connectivity index (χ1v) is 8.57. The van der Waals surface area contributed by atoms with Crippen LogP contribution in [-0.2, 0) is 11.3 Å². The van der Waals surface area contributed by atoms with Crippen LogP contribution in [0.2, 0.25) is 0 Å². The molecule has 1 aliphatic heterocycles. The highest BCUT2D eigenvalue weighted by atomic mass is 16.5. The van der Waals surface area contributed by atoms with Crippen molar-refractivity contribution >= 4 is 17.6 Å². The van der Waals surface area contributed by atoms with Crippen molar-refractivity contribution in [3.8, 4) is 5.75 Å². The van der Waals surface area contributed by atoms with Crippen LogP contribution in [0.15, 0.2) is 54.6 Å². The lowest BCUT2D eigenvalue weighted by Gasteiger charge is -2.21. The summed E-state index contributed by atoms with van der Waals surface area (Å²) in [6, 6.07) is 16.7. The number of methoxy groups -OCH3 is 1. The predicted octanol–water partition coefficient (Wildman–Crippen LogP) is 2.64. The number of benzene rings is 2. The second kappa shape index (κ2) is 7.91. The van der Waals surface area contributed by atoms with E-state index in [1.807, 2.05) is 54.6 Å². The van der Waals surface area contributed by atoms with Gasteiger partial charge in [0.15, 0.2) is 0 Å². The maximum absolute atomic E-state index is 12.4.